The molecule has 1 amide bonds. The number of nitrogens with one attached hydrogen (secondary N) is 3. The molecule has 158 valence electrons. The molecule has 28 heavy (non-hydrogen) atoms. The maximum Gasteiger partial charge on any atom is 0.407 e. The highest BCUT2D eigenvalue weighted by Crippen LogP contribution is 2.06. The number of ether oxygens (including phenoxy) is 1. The van der Waals surface area contributed by atoms with Crippen molar-refractivity contribution in [2.75, 3.05) is 26.2 Å². The smallest absolute Gasteiger partial charge is 0.407 e. The molecule has 0 bridgehead atoms. The van der Waals surface area contributed by atoms with Crippen LogP contribution in [-0.4, -0.2) is 48.4 Å². The molecule has 0 aromatic carbocycles. The molecule has 0 atom stereocenters. The lowest BCUT2D eigenvalue weighted by Gasteiger charge is -2.19. The van der Waals surface area contributed by atoms with Crippen molar-refractivity contribution in [2.45, 2.75) is 59.1 Å². The lowest BCUT2D eigenvalue weighted by molar-refractivity contribution is 0.0527. The summed E-state index contributed by atoms with van der Waals surface area (Å²) in [5.74, 6) is 0.761. The van der Waals surface area contributed by atoms with E-state index in [4.69, 9.17) is 4.74 Å². The van der Waals surface area contributed by atoms with E-state index in [-0.39, 0.29) is 5.56 Å². The molecule has 0 radical (unpaired) electrons. The summed E-state index contributed by atoms with van der Waals surface area (Å²) in [6.07, 6.45) is 3.99. The third-order valence-electron chi connectivity index (χ3n) is 3.63. The monoisotopic (exact) mass is 393 g/mol. The van der Waals surface area contributed by atoms with E-state index in [9.17, 15) is 9.59 Å². The molecule has 1 aromatic heterocycles. The Morgan fingerprint density at radius 2 is 1.86 bits per heavy atom. The predicted molar refractivity (Wildman–Crippen MR) is 113 cm³/mol. The molecular weight excluding hydrogens is 358 g/mol. The first-order valence-corrected chi connectivity index (χ1v) is 9.96. The highest BCUT2D eigenvalue weighted by atomic mass is 16.6. The van der Waals surface area contributed by atoms with Crippen molar-refractivity contribution in [3.8, 4) is 0 Å². The molecule has 0 saturated heterocycles. The number of carbonyl (C=O) groups is 1. The Kier molecular flexibility index (Phi) is 10.8. The summed E-state index contributed by atoms with van der Waals surface area (Å²) in [4.78, 5) is 27.7. The number of aromatic nitrogens is 1. The number of alkyl carbamates (subject to hydrolysis) is 1. The summed E-state index contributed by atoms with van der Waals surface area (Å²) >= 11 is 0. The van der Waals surface area contributed by atoms with Crippen molar-refractivity contribution < 1.29 is 9.53 Å². The Morgan fingerprint density at radius 3 is 2.54 bits per heavy atom. The van der Waals surface area contributed by atoms with Gasteiger partial charge in [0.05, 0.1) is 0 Å². The van der Waals surface area contributed by atoms with Gasteiger partial charge in [-0.05, 0) is 53.0 Å². The normalized spacial score (nSPS) is 11.8. The number of unbranched alkanes of at least 4 members (excludes halogenated alkanes) is 1. The zero-order chi connectivity index (χ0) is 20.8. The van der Waals surface area contributed by atoms with Gasteiger partial charge in [0.1, 0.15) is 5.60 Å². The zero-order valence-corrected chi connectivity index (χ0v) is 17.6. The Balaban J connectivity index is 2.22. The molecule has 8 nitrogen and oxygen atoms in total. The molecule has 0 unspecified atom stereocenters. The van der Waals surface area contributed by atoms with E-state index in [1.807, 2.05) is 40.0 Å². The molecule has 0 spiro atoms. The van der Waals surface area contributed by atoms with Crippen molar-refractivity contribution in [1.82, 2.24) is 20.5 Å². The number of pyridine rings is 1. The molecule has 0 aliphatic heterocycles. The lowest BCUT2D eigenvalue weighted by Crippen LogP contribution is -2.38. The minimum atomic E-state index is -0.487. The minimum Gasteiger partial charge on any atom is -0.444 e. The summed E-state index contributed by atoms with van der Waals surface area (Å²) in [6.45, 7) is 10.9. The van der Waals surface area contributed by atoms with Crippen LogP contribution in [0.4, 0.5) is 4.79 Å². The van der Waals surface area contributed by atoms with Crippen LogP contribution in [-0.2, 0) is 11.3 Å². The Labute approximate surface area is 167 Å². The zero-order valence-electron chi connectivity index (χ0n) is 17.6. The van der Waals surface area contributed by atoms with Gasteiger partial charge in [-0.15, -0.1) is 0 Å². The molecule has 0 aliphatic rings. The standard InChI is InChI=1S/C20H35N5O3/c1-5-21-18(23-13-10-14-24-19(27)28-20(2,3)4)22-12-7-9-16-25-15-8-6-11-17(25)26/h6,8,11,15H,5,7,9-10,12-14,16H2,1-4H3,(H,24,27)(H2,21,22,23). The number of hydrogen-bond donors (Lipinski definition) is 3. The number of carbonyl (C=O) groups excluding carboxylic acids is 1. The van der Waals surface area contributed by atoms with Crippen LogP contribution >= 0.6 is 0 Å². The third kappa shape index (κ3) is 11.3. The quantitative estimate of drug-likeness (QED) is 0.321. The van der Waals surface area contributed by atoms with E-state index in [2.05, 4.69) is 20.9 Å². The van der Waals surface area contributed by atoms with Gasteiger partial charge in [0.15, 0.2) is 5.96 Å². The maximum absolute atomic E-state index is 11.6. The van der Waals surface area contributed by atoms with E-state index in [0.717, 1.165) is 38.3 Å². The number of hydrogen-bond acceptors (Lipinski definition) is 4. The van der Waals surface area contributed by atoms with Gasteiger partial charge in [0.2, 0.25) is 5.56 Å². The van der Waals surface area contributed by atoms with Gasteiger partial charge in [-0.25, -0.2) is 4.79 Å². The second kappa shape index (κ2) is 12.8. The fourth-order valence-electron chi connectivity index (χ4n) is 2.38. The highest BCUT2D eigenvalue weighted by molar-refractivity contribution is 5.79. The largest absolute Gasteiger partial charge is 0.444 e. The van der Waals surface area contributed by atoms with Crippen LogP contribution in [0.1, 0.15) is 47.0 Å². The van der Waals surface area contributed by atoms with Crippen LogP contribution in [0, 0.1) is 0 Å². The molecule has 1 aromatic rings. The van der Waals surface area contributed by atoms with Gasteiger partial charge < -0.3 is 25.3 Å². The van der Waals surface area contributed by atoms with Crippen molar-refractivity contribution in [3.05, 3.63) is 34.7 Å². The fourth-order valence-corrected chi connectivity index (χ4v) is 2.38. The van der Waals surface area contributed by atoms with Gasteiger partial charge >= 0.3 is 6.09 Å². The summed E-state index contributed by atoms with van der Waals surface area (Å²) in [5.41, 5.74) is -0.455. The van der Waals surface area contributed by atoms with Crippen LogP contribution in [0.25, 0.3) is 0 Å². The maximum atomic E-state index is 11.6. The first-order chi connectivity index (χ1) is 13.3. The van der Waals surface area contributed by atoms with Gasteiger partial charge in [-0.3, -0.25) is 9.79 Å². The number of amides is 1. The van der Waals surface area contributed by atoms with E-state index in [1.54, 1.807) is 16.7 Å². The first kappa shape index (κ1) is 23.5. The average molecular weight is 394 g/mol. The average Bonchev–Trinajstić information content (AvgIpc) is 2.61. The van der Waals surface area contributed by atoms with E-state index in [1.165, 1.54) is 0 Å². The summed E-state index contributed by atoms with van der Waals surface area (Å²) in [7, 11) is 0. The van der Waals surface area contributed by atoms with Crippen molar-refractivity contribution in [2.24, 2.45) is 4.99 Å². The summed E-state index contributed by atoms with van der Waals surface area (Å²) in [6, 6.07) is 5.20. The van der Waals surface area contributed by atoms with Gasteiger partial charge in [0.25, 0.3) is 0 Å². The molecule has 0 saturated carbocycles. The molecular formula is C20H35N5O3. The number of nitrogens with zero attached hydrogens (tertiary/aromatic N) is 2. The van der Waals surface area contributed by atoms with Crippen LogP contribution in [0.3, 0.4) is 0 Å². The van der Waals surface area contributed by atoms with Crippen LogP contribution < -0.4 is 21.5 Å². The van der Waals surface area contributed by atoms with Crippen molar-refractivity contribution >= 4 is 12.1 Å². The molecule has 1 heterocycles. The van der Waals surface area contributed by atoms with Gasteiger partial charge in [0, 0.05) is 45.0 Å². The summed E-state index contributed by atoms with van der Waals surface area (Å²) in [5, 5.41) is 9.22. The molecule has 1 rings (SSSR count). The van der Waals surface area contributed by atoms with Gasteiger partial charge in [-0.1, -0.05) is 6.07 Å². The third-order valence-corrected chi connectivity index (χ3v) is 3.63. The number of aryl methyl sites for hydroxylation is 1. The molecule has 0 aliphatic carbocycles. The Morgan fingerprint density at radius 1 is 1.11 bits per heavy atom. The number of rotatable bonds is 10. The second-order valence-corrected chi connectivity index (χ2v) is 7.41. The molecule has 3 N–H and O–H groups in total. The van der Waals surface area contributed by atoms with Crippen molar-refractivity contribution in [3.63, 3.8) is 0 Å². The molecule has 0 fully saturated rings. The van der Waals surface area contributed by atoms with E-state index < -0.39 is 11.7 Å². The Hall–Kier alpha value is -2.51. The topological polar surface area (TPSA) is 96.8 Å². The lowest BCUT2D eigenvalue weighted by atomic mass is 10.2. The van der Waals surface area contributed by atoms with Crippen molar-refractivity contribution in [1.29, 1.82) is 0 Å². The van der Waals surface area contributed by atoms with Crippen LogP contribution in [0.5, 0.6) is 0 Å². The number of guanidine groups is 1. The minimum absolute atomic E-state index is 0.0327. The fraction of sp³-hybridized carbons (Fsp3) is 0.650. The molecule has 8 heteroatoms. The summed E-state index contributed by atoms with van der Waals surface area (Å²) < 4.78 is 6.91. The second-order valence-electron chi connectivity index (χ2n) is 7.41. The number of aliphatic imine (C=N–C) groups is 1. The van der Waals surface area contributed by atoms with Gasteiger partial charge in [-0.2, -0.15) is 0 Å². The predicted octanol–water partition coefficient (Wildman–Crippen LogP) is 2.10. The van der Waals surface area contributed by atoms with Crippen LogP contribution in [0.15, 0.2) is 34.2 Å². The Bertz CT molecular complexity index is 664. The van der Waals surface area contributed by atoms with E-state index >= 15 is 0 Å². The van der Waals surface area contributed by atoms with E-state index in [0.29, 0.717) is 19.6 Å². The first-order valence-electron chi connectivity index (χ1n) is 9.96. The SMILES string of the molecule is CCNC(=NCCCNC(=O)OC(C)(C)C)NCCCCn1ccccc1=O. The highest BCUT2D eigenvalue weighted by Gasteiger charge is 2.15. The van der Waals surface area contributed by atoms with Crippen LogP contribution in [0.2, 0.25) is 0 Å².